The van der Waals surface area contributed by atoms with Crippen LogP contribution in [0.1, 0.15) is 10.6 Å². The minimum Gasteiger partial charge on any atom is -0.461 e. The summed E-state index contributed by atoms with van der Waals surface area (Å²) in [5, 5.41) is 0. The van der Waals surface area contributed by atoms with Crippen molar-refractivity contribution in [3.05, 3.63) is 48.7 Å². The average molecular weight is 212 g/mol. The van der Waals surface area contributed by atoms with Gasteiger partial charge in [-0.3, -0.25) is 9.20 Å². The van der Waals surface area contributed by atoms with Crippen molar-refractivity contribution >= 4 is 11.9 Å². The molecule has 3 rings (SSSR count). The van der Waals surface area contributed by atoms with Gasteiger partial charge in [0.05, 0.1) is 12.0 Å². The Morgan fingerprint density at radius 2 is 2.25 bits per heavy atom. The van der Waals surface area contributed by atoms with Gasteiger partial charge in [-0.25, -0.2) is 4.98 Å². The molecule has 3 heterocycles. The van der Waals surface area contributed by atoms with Gasteiger partial charge < -0.3 is 4.42 Å². The van der Waals surface area contributed by atoms with Crippen LogP contribution in [-0.4, -0.2) is 15.7 Å². The number of furan rings is 1. The second kappa shape index (κ2) is 3.34. The number of pyridine rings is 1. The van der Waals surface area contributed by atoms with Crippen molar-refractivity contribution in [2.45, 2.75) is 0 Å². The number of carbonyl (C=O) groups is 1. The van der Waals surface area contributed by atoms with Crippen molar-refractivity contribution in [3.8, 4) is 11.3 Å². The number of rotatable bonds is 2. The van der Waals surface area contributed by atoms with Crippen molar-refractivity contribution in [1.82, 2.24) is 9.38 Å². The van der Waals surface area contributed by atoms with Crippen LogP contribution in [0.15, 0.2) is 47.3 Å². The molecule has 0 aromatic carbocycles. The van der Waals surface area contributed by atoms with Gasteiger partial charge in [0.1, 0.15) is 5.65 Å². The molecule has 0 fully saturated rings. The van der Waals surface area contributed by atoms with E-state index in [0.717, 1.165) is 16.9 Å². The highest BCUT2D eigenvalue weighted by atomic mass is 16.3. The van der Waals surface area contributed by atoms with E-state index in [2.05, 4.69) is 4.98 Å². The van der Waals surface area contributed by atoms with Crippen LogP contribution in [0.5, 0.6) is 0 Å². The minimum atomic E-state index is 0.334. The Labute approximate surface area is 91.1 Å². The molecule has 16 heavy (non-hydrogen) atoms. The first-order valence-electron chi connectivity index (χ1n) is 4.85. The number of fused-ring (bicyclic) bond motifs is 1. The summed E-state index contributed by atoms with van der Waals surface area (Å²) in [6.07, 6.45) is 5.80. The average Bonchev–Trinajstić information content (AvgIpc) is 2.96. The lowest BCUT2D eigenvalue weighted by atomic mass is 10.1. The highest BCUT2D eigenvalue weighted by Crippen LogP contribution is 2.24. The highest BCUT2D eigenvalue weighted by Gasteiger charge is 2.10. The third kappa shape index (κ3) is 1.16. The van der Waals surface area contributed by atoms with Gasteiger partial charge in [-0.1, -0.05) is 6.07 Å². The number of aldehydes is 1. The van der Waals surface area contributed by atoms with E-state index in [-0.39, 0.29) is 0 Å². The molecule has 0 N–H and O–H groups in total. The quantitative estimate of drug-likeness (QED) is 0.613. The Morgan fingerprint density at radius 1 is 1.31 bits per heavy atom. The lowest BCUT2D eigenvalue weighted by Crippen LogP contribution is -1.91. The van der Waals surface area contributed by atoms with Crippen LogP contribution in [0, 0.1) is 0 Å². The maximum absolute atomic E-state index is 10.8. The van der Waals surface area contributed by atoms with Crippen molar-refractivity contribution in [1.29, 1.82) is 0 Å². The molecular formula is C12H8N2O2. The third-order valence-electron chi connectivity index (χ3n) is 2.51. The molecule has 3 aromatic heterocycles. The third-order valence-corrected chi connectivity index (χ3v) is 2.51. The van der Waals surface area contributed by atoms with Crippen LogP contribution < -0.4 is 0 Å². The first-order valence-corrected chi connectivity index (χ1v) is 4.85. The molecule has 4 nitrogen and oxygen atoms in total. The lowest BCUT2D eigenvalue weighted by Gasteiger charge is -2.02. The molecule has 0 spiro atoms. The summed E-state index contributed by atoms with van der Waals surface area (Å²) in [5.74, 6) is 0.334. The van der Waals surface area contributed by atoms with E-state index >= 15 is 0 Å². The van der Waals surface area contributed by atoms with Crippen LogP contribution in [0.2, 0.25) is 0 Å². The summed E-state index contributed by atoms with van der Waals surface area (Å²) < 4.78 is 7.01. The monoisotopic (exact) mass is 212 g/mol. The number of hydrogen-bond acceptors (Lipinski definition) is 3. The van der Waals surface area contributed by atoms with Gasteiger partial charge in [0.25, 0.3) is 0 Å². The molecule has 0 aliphatic rings. The second-order valence-electron chi connectivity index (χ2n) is 3.38. The number of aromatic nitrogens is 2. The van der Waals surface area contributed by atoms with E-state index in [1.807, 2.05) is 28.8 Å². The Bertz CT molecular complexity index is 652. The Morgan fingerprint density at radius 3 is 3.12 bits per heavy atom. The summed E-state index contributed by atoms with van der Waals surface area (Å²) in [5.41, 5.74) is 2.51. The van der Waals surface area contributed by atoms with Gasteiger partial charge in [-0.2, -0.15) is 0 Å². The molecule has 78 valence electrons. The molecule has 0 atom stereocenters. The zero-order valence-corrected chi connectivity index (χ0v) is 8.33. The van der Waals surface area contributed by atoms with E-state index < -0.39 is 0 Å². The summed E-state index contributed by atoms with van der Waals surface area (Å²) in [4.78, 5) is 15.0. The summed E-state index contributed by atoms with van der Waals surface area (Å²) >= 11 is 0. The molecule has 0 radical (unpaired) electrons. The normalized spacial score (nSPS) is 10.8. The Balaban J connectivity index is 2.33. The van der Waals surface area contributed by atoms with Crippen molar-refractivity contribution in [2.24, 2.45) is 0 Å². The number of imidazole rings is 1. The molecule has 0 bridgehead atoms. The molecule has 3 aromatic rings. The fraction of sp³-hybridized carbons (Fsp3) is 0. The molecule has 0 saturated heterocycles. The van der Waals surface area contributed by atoms with E-state index in [0.29, 0.717) is 12.0 Å². The highest BCUT2D eigenvalue weighted by molar-refractivity contribution is 5.83. The number of hydrogen-bond donors (Lipinski definition) is 0. The smallest absolute Gasteiger partial charge is 0.186 e. The molecule has 0 saturated carbocycles. The standard InChI is InChI=1S/C12H8N2O2/c15-8-11-9(4-7-16-11)10-2-1-3-12-13-5-6-14(10)12/h1-8H. The fourth-order valence-corrected chi connectivity index (χ4v) is 1.79. The SMILES string of the molecule is O=Cc1occc1-c1cccc2nccn12. The largest absolute Gasteiger partial charge is 0.461 e. The van der Waals surface area contributed by atoms with Crippen LogP contribution in [0.3, 0.4) is 0 Å². The van der Waals surface area contributed by atoms with Gasteiger partial charge in [-0.15, -0.1) is 0 Å². The predicted octanol–water partition coefficient (Wildman–Crippen LogP) is 2.41. The zero-order valence-electron chi connectivity index (χ0n) is 8.33. The minimum absolute atomic E-state index is 0.334. The van der Waals surface area contributed by atoms with Gasteiger partial charge in [-0.05, 0) is 18.2 Å². The molecule has 0 unspecified atom stereocenters. The zero-order chi connectivity index (χ0) is 11.0. The van der Waals surface area contributed by atoms with Gasteiger partial charge in [0, 0.05) is 18.0 Å². The maximum Gasteiger partial charge on any atom is 0.186 e. The summed E-state index contributed by atoms with van der Waals surface area (Å²) in [6, 6.07) is 7.51. The van der Waals surface area contributed by atoms with Gasteiger partial charge >= 0.3 is 0 Å². The van der Waals surface area contributed by atoms with Crippen LogP contribution in [0.25, 0.3) is 16.9 Å². The van der Waals surface area contributed by atoms with Crippen molar-refractivity contribution in [2.75, 3.05) is 0 Å². The maximum atomic E-state index is 10.8. The van der Waals surface area contributed by atoms with E-state index in [1.165, 1.54) is 6.26 Å². The van der Waals surface area contributed by atoms with Crippen molar-refractivity contribution in [3.63, 3.8) is 0 Å². The van der Waals surface area contributed by atoms with E-state index in [4.69, 9.17) is 4.42 Å². The Kier molecular flexibility index (Phi) is 1.86. The van der Waals surface area contributed by atoms with Crippen molar-refractivity contribution < 1.29 is 9.21 Å². The van der Waals surface area contributed by atoms with Crippen LogP contribution in [0.4, 0.5) is 0 Å². The number of nitrogens with zero attached hydrogens (tertiary/aromatic N) is 2. The molecule has 0 aliphatic carbocycles. The fourth-order valence-electron chi connectivity index (χ4n) is 1.79. The predicted molar refractivity (Wildman–Crippen MR) is 58.3 cm³/mol. The second-order valence-corrected chi connectivity index (χ2v) is 3.38. The van der Waals surface area contributed by atoms with E-state index in [1.54, 1.807) is 12.3 Å². The van der Waals surface area contributed by atoms with Gasteiger partial charge in [0.15, 0.2) is 12.0 Å². The molecule has 4 heteroatoms. The summed E-state index contributed by atoms with van der Waals surface area (Å²) in [7, 11) is 0. The molecule has 0 aliphatic heterocycles. The lowest BCUT2D eigenvalue weighted by molar-refractivity contribution is 0.110. The van der Waals surface area contributed by atoms with Crippen LogP contribution >= 0.6 is 0 Å². The number of carbonyl (C=O) groups excluding carboxylic acids is 1. The van der Waals surface area contributed by atoms with Crippen LogP contribution in [-0.2, 0) is 0 Å². The Hall–Kier alpha value is -2.36. The first-order chi connectivity index (χ1) is 7.90. The summed E-state index contributed by atoms with van der Waals surface area (Å²) in [6.45, 7) is 0. The topological polar surface area (TPSA) is 47.5 Å². The molecular weight excluding hydrogens is 204 g/mol. The molecule has 0 amide bonds. The van der Waals surface area contributed by atoms with E-state index in [9.17, 15) is 4.79 Å². The first kappa shape index (κ1) is 8.91. The van der Waals surface area contributed by atoms with Gasteiger partial charge in [0.2, 0.25) is 0 Å².